The summed E-state index contributed by atoms with van der Waals surface area (Å²) in [5.74, 6) is -1.66. The standard InChI is InChI=1S/C14H11F3OS/c15-9-5-6-11(16)10(7-9)13(18)8-19-14-4-2-1-3-12(14)17/h1-7,13,18H,8H2. The quantitative estimate of drug-likeness (QED) is 0.858. The molecule has 0 aliphatic rings. The average Bonchev–Trinajstić information content (AvgIpc) is 2.40. The molecule has 0 aliphatic carbocycles. The van der Waals surface area contributed by atoms with Crippen LogP contribution in [0.5, 0.6) is 0 Å². The van der Waals surface area contributed by atoms with Gasteiger partial charge in [-0.15, -0.1) is 11.8 Å². The van der Waals surface area contributed by atoms with Crippen LogP contribution in [-0.4, -0.2) is 10.9 Å². The number of benzene rings is 2. The molecule has 100 valence electrons. The van der Waals surface area contributed by atoms with Crippen LogP contribution >= 0.6 is 11.8 Å². The molecule has 0 saturated heterocycles. The summed E-state index contributed by atoms with van der Waals surface area (Å²) >= 11 is 1.05. The lowest BCUT2D eigenvalue weighted by Crippen LogP contribution is -2.04. The van der Waals surface area contributed by atoms with E-state index in [1.54, 1.807) is 18.2 Å². The van der Waals surface area contributed by atoms with Crippen LogP contribution in [0.15, 0.2) is 47.4 Å². The van der Waals surface area contributed by atoms with E-state index in [2.05, 4.69) is 0 Å². The van der Waals surface area contributed by atoms with Crippen molar-refractivity contribution in [1.29, 1.82) is 0 Å². The molecule has 1 nitrogen and oxygen atoms in total. The van der Waals surface area contributed by atoms with Crippen molar-refractivity contribution in [2.75, 3.05) is 5.75 Å². The van der Waals surface area contributed by atoms with Gasteiger partial charge in [-0.25, -0.2) is 13.2 Å². The van der Waals surface area contributed by atoms with Crippen LogP contribution in [-0.2, 0) is 0 Å². The Morgan fingerprint density at radius 1 is 1.00 bits per heavy atom. The van der Waals surface area contributed by atoms with E-state index < -0.39 is 23.6 Å². The number of thioether (sulfide) groups is 1. The molecule has 2 rings (SSSR count). The molecule has 5 heteroatoms. The Kier molecular flexibility index (Phi) is 4.50. The number of hydrogen-bond donors (Lipinski definition) is 1. The number of aliphatic hydroxyl groups is 1. The van der Waals surface area contributed by atoms with E-state index in [4.69, 9.17) is 0 Å². The SMILES string of the molecule is OC(CSc1ccccc1F)c1cc(F)ccc1F. The fourth-order valence-corrected chi connectivity index (χ4v) is 2.49. The molecule has 0 radical (unpaired) electrons. The first kappa shape index (κ1) is 14.0. The summed E-state index contributed by atoms with van der Waals surface area (Å²) in [5.41, 5.74) is -0.121. The highest BCUT2D eigenvalue weighted by atomic mass is 32.2. The molecule has 0 amide bonds. The number of halogens is 3. The van der Waals surface area contributed by atoms with Gasteiger partial charge in [-0.1, -0.05) is 12.1 Å². The van der Waals surface area contributed by atoms with Crippen molar-refractivity contribution >= 4 is 11.8 Å². The van der Waals surface area contributed by atoms with E-state index in [1.165, 1.54) is 6.07 Å². The first-order chi connectivity index (χ1) is 9.08. The second-order valence-corrected chi connectivity index (χ2v) is 4.98. The van der Waals surface area contributed by atoms with E-state index in [0.717, 1.165) is 30.0 Å². The van der Waals surface area contributed by atoms with Gasteiger partial charge >= 0.3 is 0 Å². The van der Waals surface area contributed by atoms with Crippen LogP contribution in [0, 0.1) is 17.5 Å². The maximum atomic E-state index is 13.4. The Balaban J connectivity index is 2.07. The van der Waals surface area contributed by atoms with Gasteiger partial charge < -0.3 is 5.11 Å². The fraction of sp³-hybridized carbons (Fsp3) is 0.143. The van der Waals surface area contributed by atoms with Gasteiger partial charge in [0.15, 0.2) is 0 Å². The minimum atomic E-state index is -1.19. The van der Waals surface area contributed by atoms with Gasteiger partial charge in [-0.3, -0.25) is 0 Å². The highest BCUT2D eigenvalue weighted by Crippen LogP contribution is 2.28. The van der Waals surface area contributed by atoms with E-state index in [1.807, 2.05) is 0 Å². The molecule has 0 aromatic heterocycles. The van der Waals surface area contributed by atoms with E-state index >= 15 is 0 Å². The molecular weight excluding hydrogens is 273 g/mol. The summed E-state index contributed by atoms with van der Waals surface area (Å²) in [6.45, 7) is 0. The molecule has 1 atom stereocenters. The number of aliphatic hydroxyl groups excluding tert-OH is 1. The van der Waals surface area contributed by atoms with E-state index in [0.29, 0.717) is 4.90 Å². The normalized spacial score (nSPS) is 12.4. The van der Waals surface area contributed by atoms with Gasteiger partial charge in [0.2, 0.25) is 0 Å². The Morgan fingerprint density at radius 3 is 2.47 bits per heavy atom. The van der Waals surface area contributed by atoms with E-state index in [9.17, 15) is 18.3 Å². The topological polar surface area (TPSA) is 20.2 Å². The van der Waals surface area contributed by atoms with Crippen molar-refractivity contribution in [3.8, 4) is 0 Å². The van der Waals surface area contributed by atoms with Crippen LogP contribution in [0.2, 0.25) is 0 Å². The Bertz CT molecular complexity index is 574. The van der Waals surface area contributed by atoms with Gasteiger partial charge in [0, 0.05) is 16.2 Å². The third-order valence-electron chi connectivity index (χ3n) is 2.55. The minimum Gasteiger partial charge on any atom is -0.387 e. The Labute approximate surface area is 113 Å². The van der Waals surface area contributed by atoms with Gasteiger partial charge in [0.05, 0.1) is 6.10 Å². The monoisotopic (exact) mass is 284 g/mol. The van der Waals surface area contributed by atoms with Crippen molar-refractivity contribution < 1.29 is 18.3 Å². The van der Waals surface area contributed by atoms with Crippen LogP contribution in [0.25, 0.3) is 0 Å². The van der Waals surface area contributed by atoms with Crippen LogP contribution < -0.4 is 0 Å². The summed E-state index contributed by atoms with van der Waals surface area (Å²) in [6.07, 6.45) is -1.19. The summed E-state index contributed by atoms with van der Waals surface area (Å²) in [7, 11) is 0. The second-order valence-electron chi connectivity index (χ2n) is 3.92. The molecule has 19 heavy (non-hydrogen) atoms. The summed E-state index contributed by atoms with van der Waals surface area (Å²) in [6, 6.07) is 8.98. The average molecular weight is 284 g/mol. The molecule has 0 bridgehead atoms. The molecule has 0 spiro atoms. The first-order valence-corrected chi connectivity index (χ1v) is 6.57. The fourth-order valence-electron chi connectivity index (χ4n) is 1.59. The van der Waals surface area contributed by atoms with Crippen LogP contribution in [0.3, 0.4) is 0 Å². The third-order valence-corrected chi connectivity index (χ3v) is 3.67. The van der Waals surface area contributed by atoms with Crippen molar-refractivity contribution in [3.63, 3.8) is 0 Å². The lowest BCUT2D eigenvalue weighted by atomic mass is 10.1. The van der Waals surface area contributed by atoms with E-state index in [-0.39, 0.29) is 11.3 Å². The zero-order valence-electron chi connectivity index (χ0n) is 9.82. The summed E-state index contributed by atoms with van der Waals surface area (Å²) < 4.78 is 39.8. The molecular formula is C14H11F3OS. The third kappa shape index (κ3) is 3.52. The molecule has 0 heterocycles. The maximum Gasteiger partial charge on any atom is 0.136 e. The Morgan fingerprint density at radius 2 is 1.74 bits per heavy atom. The smallest absolute Gasteiger partial charge is 0.136 e. The first-order valence-electron chi connectivity index (χ1n) is 5.58. The summed E-state index contributed by atoms with van der Waals surface area (Å²) in [5, 5.41) is 9.83. The molecule has 0 saturated carbocycles. The van der Waals surface area contributed by atoms with Gasteiger partial charge in [0.1, 0.15) is 17.5 Å². The zero-order valence-corrected chi connectivity index (χ0v) is 10.6. The minimum absolute atomic E-state index is 0.0430. The molecule has 1 N–H and O–H groups in total. The van der Waals surface area contributed by atoms with Crippen LogP contribution in [0.1, 0.15) is 11.7 Å². The predicted octanol–water partition coefficient (Wildman–Crippen LogP) is 3.93. The van der Waals surface area contributed by atoms with Gasteiger partial charge in [-0.2, -0.15) is 0 Å². The number of rotatable bonds is 4. The number of hydrogen-bond acceptors (Lipinski definition) is 2. The second kappa shape index (κ2) is 6.12. The van der Waals surface area contributed by atoms with Crippen molar-refractivity contribution in [1.82, 2.24) is 0 Å². The van der Waals surface area contributed by atoms with Crippen molar-refractivity contribution in [2.24, 2.45) is 0 Å². The van der Waals surface area contributed by atoms with Crippen molar-refractivity contribution in [3.05, 3.63) is 65.5 Å². The lowest BCUT2D eigenvalue weighted by molar-refractivity contribution is 0.198. The molecule has 2 aromatic rings. The lowest BCUT2D eigenvalue weighted by Gasteiger charge is -2.12. The molecule has 0 aliphatic heterocycles. The predicted molar refractivity (Wildman–Crippen MR) is 68.4 cm³/mol. The molecule has 1 unspecified atom stereocenters. The largest absolute Gasteiger partial charge is 0.387 e. The van der Waals surface area contributed by atoms with Crippen LogP contribution in [0.4, 0.5) is 13.2 Å². The van der Waals surface area contributed by atoms with Gasteiger partial charge in [0.25, 0.3) is 0 Å². The van der Waals surface area contributed by atoms with Crippen molar-refractivity contribution in [2.45, 2.75) is 11.0 Å². The van der Waals surface area contributed by atoms with Gasteiger partial charge in [-0.05, 0) is 30.3 Å². The molecule has 0 fully saturated rings. The maximum absolute atomic E-state index is 13.4. The highest BCUT2D eigenvalue weighted by Gasteiger charge is 2.15. The molecule has 2 aromatic carbocycles. The Hall–Kier alpha value is -1.46. The highest BCUT2D eigenvalue weighted by molar-refractivity contribution is 7.99. The zero-order chi connectivity index (χ0) is 13.8. The summed E-state index contributed by atoms with van der Waals surface area (Å²) in [4.78, 5) is 0.360.